The van der Waals surface area contributed by atoms with Crippen LogP contribution in [0.25, 0.3) is 0 Å². The van der Waals surface area contributed by atoms with Crippen LogP contribution in [0.1, 0.15) is 10.5 Å². The fraction of sp³-hybridized carbons (Fsp3) is 0.286. The van der Waals surface area contributed by atoms with Crippen molar-refractivity contribution in [3.63, 3.8) is 0 Å². The van der Waals surface area contributed by atoms with E-state index in [0.717, 1.165) is 0 Å². The summed E-state index contributed by atoms with van der Waals surface area (Å²) >= 11 is 0. The van der Waals surface area contributed by atoms with Gasteiger partial charge in [0.1, 0.15) is 0 Å². The zero-order chi connectivity index (χ0) is 8.97. The molecule has 0 aromatic carbocycles. The monoisotopic (exact) mass is 164 g/mol. The van der Waals surface area contributed by atoms with Crippen LogP contribution in [0.3, 0.4) is 0 Å². The Morgan fingerprint density at radius 2 is 2.67 bits per heavy atom. The van der Waals surface area contributed by atoms with E-state index < -0.39 is 0 Å². The maximum atomic E-state index is 11.1. The van der Waals surface area contributed by atoms with Gasteiger partial charge in [0, 0.05) is 7.05 Å². The van der Waals surface area contributed by atoms with Gasteiger partial charge in [-0.3, -0.25) is 9.48 Å². The number of terminal acetylenes is 1. The molecule has 0 spiro atoms. The molecule has 0 bridgehead atoms. The molecular formula is C7H8N4O. The minimum atomic E-state index is -0.305. The fourth-order valence-electron chi connectivity index (χ4n) is 0.673. The average molecular weight is 164 g/mol. The number of nitrogens with zero attached hydrogens (tertiary/aromatic N) is 3. The van der Waals surface area contributed by atoms with Crippen molar-refractivity contribution in [3.8, 4) is 12.3 Å². The number of aryl methyl sites for hydroxylation is 1. The molecule has 5 nitrogen and oxygen atoms in total. The summed E-state index contributed by atoms with van der Waals surface area (Å²) in [5, 5.41) is 9.67. The van der Waals surface area contributed by atoms with Crippen molar-refractivity contribution in [2.45, 2.75) is 0 Å². The highest BCUT2D eigenvalue weighted by molar-refractivity contribution is 5.91. The van der Waals surface area contributed by atoms with E-state index in [1.54, 1.807) is 7.05 Å². The van der Waals surface area contributed by atoms with Gasteiger partial charge in [0.05, 0.1) is 12.7 Å². The number of hydrogen-bond acceptors (Lipinski definition) is 3. The Bertz CT molecular complexity index is 322. The van der Waals surface area contributed by atoms with Gasteiger partial charge in [-0.25, -0.2) is 0 Å². The third-order valence-electron chi connectivity index (χ3n) is 1.19. The van der Waals surface area contributed by atoms with Gasteiger partial charge in [0.25, 0.3) is 5.91 Å². The van der Waals surface area contributed by atoms with Crippen LogP contribution >= 0.6 is 0 Å². The first-order valence-electron chi connectivity index (χ1n) is 3.32. The van der Waals surface area contributed by atoms with E-state index >= 15 is 0 Å². The Morgan fingerprint density at radius 1 is 1.92 bits per heavy atom. The van der Waals surface area contributed by atoms with Crippen molar-refractivity contribution in [1.82, 2.24) is 20.3 Å². The molecule has 12 heavy (non-hydrogen) atoms. The van der Waals surface area contributed by atoms with Crippen LogP contribution in [0.5, 0.6) is 0 Å². The fourth-order valence-corrected chi connectivity index (χ4v) is 0.673. The molecule has 1 N–H and O–H groups in total. The SMILES string of the molecule is C#CCNC(=O)c1cn(C)nn1. The smallest absolute Gasteiger partial charge is 0.274 e. The van der Waals surface area contributed by atoms with Gasteiger partial charge in [-0.05, 0) is 0 Å². The molecule has 1 aromatic rings. The van der Waals surface area contributed by atoms with E-state index in [4.69, 9.17) is 6.42 Å². The summed E-state index contributed by atoms with van der Waals surface area (Å²) in [5.74, 6) is 1.98. The first-order valence-corrected chi connectivity index (χ1v) is 3.32. The van der Waals surface area contributed by atoms with Crippen molar-refractivity contribution in [3.05, 3.63) is 11.9 Å². The highest BCUT2D eigenvalue weighted by Gasteiger charge is 2.07. The largest absolute Gasteiger partial charge is 0.340 e. The third-order valence-corrected chi connectivity index (χ3v) is 1.19. The Kier molecular flexibility index (Phi) is 2.43. The molecule has 0 fully saturated rings. The summed E-state index contributed by atoms with van der Waals surface area (Å²) in [5.41, 5.74) is 0.271. The zero-order valence-electron chi connectivity index (χ0n) is 6.61. The van der Waals surface area contributed by atoms with E-state index in [0.29, 0.717) is 0 Å². The van der Waals surface area contributed by atoms with Crippen LogP contribution in [-0.2, 0) is 7.05 Å². The lowest BCUT2D eigenvalue weighted by Crippen LogP contribution is -2.23. The van der Waals surface area contributed by atoms with E-state index in [-0.39, 0.29) is 18.1 Å². The number of carbonyl (C=O) groups is 1. The standard InChI is InChI=1S/C7H8N4O/c1-3-4-8-7(12)6-5-11(2)10-9-6/h1,5H,4H2,2H3,(H,8,12). The molecule has 5 heteroatoms. The predicted octanol–water partition coefficient (Wildman–Crippen LogP) is -0.822. The van der Waals surface area contributed by atoms with Crippen LogP contribution in [-0.4, -0.2) is 27.4 Å². The van der Waals surface area contributed by atoms with Gasteiger partial charge in [-0.1, -0.05) is 11.1 Å². The summed E-state index contributed by atoms with van der Waals surface area (Å²) in [7, 11) is 1.69. The van der Waals surface area contributed by atoms with Gasteiger partial charge < -0.3 is 5.32 Å². The minimum Gasteiger partial charge on any atom is -0.340 e. The molecule has 1 rings (SSSR count). The quantitative estimate of drug-likeness (QED) is 0.581. The van der Waals surface area contributed by atoms with E-state index in [1.807, 2.05) is 0 Å². The molecule has 0 saturated heterocycles. The summed E-state index contributed by atoms with van der Waals surface area (Å²) in [6.45, 7) is 0.204. The minimum absolute atomic E-state index is 0.204. The summed E-state index contributed by atoms with van der Waals surface area (Å²) in [4.78, 5) is 11.1. The van der Waals surface area contributed by atoms with E-state index in [9.17, 15) is 4.79 Å². The number of rotatable bonds is 2. The van der Waals surface area contributed by atoms with Crippen LogP contribution < -0.4 is 5.32 Å². The third kappa shape index (κ3) is 1.83. The second-order valence-electron chi connectivity index (χ2n) is 2.16. The van der Waals surface area contributed by atoms with Crippen molar-refractivity contribution in [1.29, 1.82) is 0 Å². The Morgan fingerprint density at radius 3 is 3.17 bits per heavy atom. The molecule has 0 radical (unpaired) electrons. The lowest BCUT2D eigenvalue weighted by atomic mass is 10.4. The first kappa shape index (κ1) is 8.27. The van der Waals surface area contributed by atoms with E-state index in [1.165, 1.54) is 10.9 Å². The highest BCUT2D eigenvalue weighted by Crippen LogP contribution is 1.89. The topological polar surface area (TPSA) is 59.8 Å². The van der Waals surface area contributed by atoms with Crippen LogP contribution in [0, 0.1) is 12.3 Å². The Labute approximate surface area is 69.8 Å². The Hall–Kier alpha value is -1.83. The van der Waals surface area contributed by atoms with Gasteiger partial charge in [-0.2, -0.15) is 0 Å². The lowest BCUT2D eigenvalue weighted by Gasteiger charge is -1.94. The Balaban J connectivity index is 2.61. The number of nitrogens with one attached hydrogen (secondary N) is 1. The summed E-state index contributed by atoms with van der Waals surface area (Å²) in [6.07, 6.45) is 6.47. The predicted molar refractivity (Wildman–Crippen MR) is 42.2 cm³/mol. The second kappa shape index (κ2) is 3.53. The van der Waals surface area contributed by atoms with Crippen LogP contribution in [0.15, 0.2) is 6.20 Å². The average Bonchev–Trinajstić information content (AvgIpc) is 2.47. The molecule has 0 saturated carbocycles. The molecule has 1 aromatic heterocycles. The molecular weight excluding hydrogens is 156 g/mol. The first-order chi connectivity index (χ1) is 5.74. The van der Waals surface area contributed by atoms with Gasteiger partial charge in [0.15, 0.2) is 5.69 Å². The highest BCUT2D eigenvalue weighted by atomic mass is 16.1. The number of aromatic nitrogens is 3. The molecule has 1 heterocycles. The molecule has 0 aliphatic rings. The van der Waals surface area contributed by atoms with Gasteiger partial charge in [0.2, 0.25) is 0 Å². The molecule has 0 unspecified atom stereocenters. The molecule has 0 atom stereocenters. The zero-order valence-corrected chi connectivity index (χ0v) is 6.61. The lowest BCUT2D eigenvalue weighted by molar-refractivity contribution is 0.0953. The van der Waals surface area contributed by atoms with Crippen LogP contribution in [0.4, 0.5) is 0 Å². The molecule has 62 valence electrons. The summed E-state index contributed by atoms with van der Waals surface area (Å²) < 4.78 is 1.45. The molecule has 0 aliphatic heterocycles. The second-order valence-corrected chi connectivity index (χ2v) is 2.16. The molecule has 1 amide bonds. The van der Waals surface area contributed by atoms with Crippen LogP contribution in [0.2, 0.25) is 0 Å². The van der Waals surface area contributed by atoms with E-state index in [2.05, 4.69) is 21.5 Å². The maximum Gasteiger partial charge on any atom is 0.274 e. The number of carbonyl (C=O) groups excluding carboxylic acids is 1. The van der Waals surface area contributed by atoms with Crippen molar-refractivity contribution in [2.75, 3.05) is 6.54 Å². The molecule has 0 aliphatic carbocycles. The van der Waals surface area contributed by atoms with Gasteiger partial charge in [-0.15, -0.1) is 11.5 Å². The maximum absolute atomic E-state index is 11.1. The number of amides is 1. The van der Waals surface area contributed by atoms with Gasteiger partial charge >= 0.3 is 0 Å². The van der Waals surface area contributed by atoms with Crippen molar-refractivity contribution < 1.29 is 4.79 Å². The summed E-state index contributed by atoms with van der Waals surface area (Å²) in [6, 6.07) is 0. The number of hydrogen-bond donors (Lipinski definition) is 1. The normalized spacial score (nSPS) is 9.00. The van der Waals surface area contributed by atoms with Crippen molar-refractivity contribution in [2.24, 2.45) is 7.05 Å². The van der Waals surface area contributed by atoms with Crippen molar-refractivity contribution >= 4 is 5.91 Å².